The minimum Gasteiger partial charge on any atom is -0.508 e. The van der Waals surface area contributed by atoms with Crippen molar-refractivity contribution >= 4 is 5.91 Å². The van der Waals surface area contributed by atoms with E-state index in [1.165, 1.54) is 86.6 Å². The van der Waals surface area contributed by atoms with Gasteiger partial charge in [0.05, 0.1) is 13.2 Å². The van der Waals surface area contributed by atoms with Gasteiger partial charge in [0.25, 0.3) is 0 Å². The van der Waals surface area contributed by atoms with Gasteiger partial charge in [-0.05, 0) is 92.9 Å². The molecule has 1 spiro atoms. The molecule has 2 heterocycles. The predicted molar refractivity (Wildman–Crippen MR) is 232 cm³/mol. The fourth-order valence-corrected chi connectivity index (χ4v) is 11.8. The highest BCUT2D eigenvalue weighted by molar-refractivity contribution is 5.77. The van der Waals surface area contributed by atoms with Crippen molar-refractivity contribution in [3.63, 3.8) is 0 Å². The number of likely N-dealkylation sites (tertiary alicyclic amines) is 1. The van der Waals surface area contributed by atoms with Gasteiger partial charge in [0.2, 0.25) is 5.91 Å². The van der Waals surface area contributed by atoms with E-state index in [1.54, 1.807) is 13.2 Å². The van der Waals surface area contributed by atoms with E-state index in [0.717, 1.165) is 62.3 Å². The first-order valence-corrected chi connectivity index (χ1v) is 22.8. The lowest BCUT2D eigenvalue weighted by molar-refractivity contribution is -0.143. The molecule has 3 aliphatic carbocycles. The van der Waals surface area contributed by atoms with Crippen molar-refractivity contribution in [2.75, 3.05) is 26.7 Å². The Morgan fingerprint density at radius 1 is 0.845 bits per heavy atom. The zero-order chi connectivity index (χ0) is 39.5. The number of amides is 1. The van der Waals surface area contributed by atoms with Crippen molar-refractivity contribution in [2.45, 2.75) is 132 Å². The van der Waals surface area contributed by atoms with Gasteiger partial charge in [-0.3, -0.25) is 9.69 Å². The summed E-state index contributed by atoms with van der Waals surface area (Å²) >= 11 is 0. The topological polar surface area (TPSA) is 62.2 Å². The molecule has 5 aliphatic rings. The highest BCUT2D eigenvalue weighted by atomic mass is 16.5. The number of piperidine rings is 1. The fraction of sp³-hybridized carbons (Fsp3) is 0.519. The predicted octanol–water partition coefficient (Wildman–Crippen LogP) is 10.6. The molecule has 4 aromatic carbocycles. The summed E-state index contributed by atoms with van der Waals surface area (Å²) in [5.74, 6) is 3.32. The number of nitrogens with zero attached hydrogens (tertiary/aromatic N) is 2. The molecule has 58 heavy (non-hydrogen) atoms. The first-order chi connectivity index (χ1) is 28.5. The Morgan fingerprint density at radius 2 is 1.48 bits per heavy atom. The molecule has 1 amide bonds. The first kappa shape index (κ1) is 39.2. The molecule has 1 saturated heterocycles. The molecular formula is C52H64N2O4. The average Bonchev–Trinajstić information content (AvgIpc) is 4.02. The molecule has 306 valence electrons. The Hall–Kier alpha value is -4.29. The fourth-order valence-electron chi connectivity index (χ4n) is 11.8. The van der Waals surface area contributed by atoms with Crippen LogP contribution in [-0.4, -0.2) is 65.7 Å². The van der Waals surface area contributed by atoms with Crippen LogP contribution >= 0.6 is 0 Å². The standard InChI is InChI=1S/C52H64N2O4/c1-57-47-34-46(55)41-33-45-43-29-30-44(51-52(43,49(41)50(47)58-51)31-32-53(45)35-38-27-28-38)54(36-42(39-22-14-9-15-23-39)40-24-16-10-17-25-40)48(56)26-18-7-5-3-2-4-6-11-19-37-20-12-8-13-21-37/h8-10,12-17,20-25,34,38,42-45,51,55H,2-7,11,18-19,26-33,35-36H2,1H3/t43-,44+,45+,51-,52-/m0/s1. The molecule has 1 N–H and O–H groups in total. The van der Waals surface area contributed by atoms with Crippen LogP contribution in [0.5, 0.6) is 17.2 Å². The molecule has 0 unspecified atom stereocenters. The molecule has 5 atom stereocenters. The summed E-state index contributed by atoms with van der Waals surface area (Å²) in [7, 11) is 1.69. The van der Waals surface area contributed by atoms with Gasteiger partial charge >= 0.3 is 0 Å². The van der Waals surface area contributed by atoms with Crippen molar-refractivity contribution in [1.82, 2.24) is 9.80 Å². The second-order valence-electron chi connectivity index (χ2n) is 18.3. The third kappa shape index (κ3) is 7.78. The first-order valence-electron chi connectivity index (χ1n) is 22.8. The molecule has 2 aliphatic heterocycles. The minimum atomic E-state index is -0.253. The molecule has 3 fully saturated rings. The third-order valence-electron chi connectivity index (χ3n) is 14.9. The number of benzene rings is 4. The number of hydrogen-bond donors (Lipinski definition) is 1. The van der Waals surface area contributed by atoms with E-state index >= 15 is 4.79 Å². The second kappa shape index (κ2) is 17.5. The van der Waals surface area contributed by atoms with Crippen LogP contribution in [0.1, 0.15) is 124 Å². The van der Waals surface area contributed by atoms with Crippen LogP contribution < -0.4 is 9.47 Å². The van der Waals surface area contributed by atoms with Gasteiger partial charge in [-0.2, -0.15) is 0 Å². The van der Waals surface area contributed by atoms with Crippen LogP contribution in [0, 0.1) is 11.8 Å². The van der Waals surface area contributed by atoms with E-state index in [-0.39, 0.29) is 29.4 Å². The molecular weight excluding hydrogens is 717 g/mol. The summed E-state index contributed by atoms with van der Waals surface area (Å²) in [6.45, 7) is 2.82. The van der Waals surface area contributed by atoms with Gasteiger partial charge in [0, 0.05) is 54.1 Å². The van der Waals surface area contributed by atoms with Gasteiger partial charge in [0.1, 0.15) is 11.9 Å². The number of aromatic hydroxyl groups is 1. The number of carbonyl (C=O) groups excluding carboxylic acids is 1. The van der Waals surface area contributed by atoms with E-state index < -0.39 is 0 Å². The van der Waals surface area contributed by atoms with Gasteiger partial charge < -0.3 is 19.5 Å². The highest BCUT2D eigenvalue weighted by Gasteiger charge is 2.67. The zero-order valence-corrected chi connectivity index (χ0v) is 34.7. The van der Waals surface area contributed by atoms with Crippen molar-refractivity contribution < 1.29 is 19.4 Å². The van der Waals surface area contributed by atoms with E-state index in [1.807, 2.05) is 0 Å². The smallest absolute Gasteiger partial charge is 0.222 e. The number of methoxy groups -OCH3 is 1. The van der Waals surface area contributed by atoms with Crippen LogP contribution in [0.4, 0.5) is 0 Å². The minimum absolute atomic E-state index is 0.0425. The number of rotatable bonds is 19. The number of unbranched alkanes of at least 4 members (excludes halogenated alkanes) is 7. The van der Waals surface area contributed by atoms with Crippen LogP contribution in [0.2, 0.25) is 0 Å². The quantitative estimate of drug-likeness (QED) is 0.0961. The molecule has 2 bridgehead atoms. The highest BCUT2D eigenvalue weighted by Crippen LogP contribution is 2.66. The van der Waals surface area contributed by atoms with Crippen LogP contribution in [0.3, 0.4) is 0 Å². The number of phenols is 1. The van der Waals surface area contributed by atoms with Crippen LogP contribution in [0.15, 0.2) is 97.1 Å². The van der Waals surface area contributed by atoms with Crippen molar-refractivity contribution in [3.8, 4) is 17.2 Å². The largest absolute Gasteiger partial charge is 0.508 e. The number of aryl methyl sites for hydroxylation is 1. The Morgan fingerprint density at radius 3 is 2.14 bits per heavy atom. The lowest BCUT2D eigenvalue weighted by Gasteiger charge is -2.60. The summed E-state index contributed by atoms with van der Waals surface area (Å²) < 4.78 is 13.2. The molecule has 2 saturated carbocycles. The monoisotopic (exact) mass is 780 g/mol. The lowest BCUT2D eigenvalue weighted by Crippen LogP contribution is -2.69. The van der Waals surface area contributed by atoms with Crippen molar-refractivity contribution in [2.24, 2.45) is 11.8 Å². The number of hydrogen-bond acceptors (Lipinski definition) is 5. The molecule has 6 heteroatoms. The van der Waals surface area contributed by atoms with Crippen molar-refractivity contribution in [1.29, 1.82) is 0 Å². The Balaban J connectivity index is 0.953. The maximum absolute atomic E-state index is 15.0. The maximum Gasteiger partial charge on any atom is 0.222 e. The van der Waals surface area contributed by atoms with Crippen LogP contribution in [0.25, 0.3) is 0 Å². The van der Waals surface area contributed by atoms with E-state index in [9.17, 15) is 5.11 Å². The van der Waals surface area contributed by atoms with Gasteiger partial charge in [-0.25, -0.2) is 0 Å². The SMILES string of the molecule is COc1cc(O)c2c3c1O[C@H]1[C@H](N(CC(c4ccccc4)c4ccccc4)C(=O)CCCCCCCCCCc4ccccc4)CC[C@H]4[C@@H](C2)N(CC2CC2)CC[C@@]341. The molecule has 4 aromatic rings. The van der Waals surface area contributed by atoms with Crippen molar-refractivity contribution in [3.05, 3.63) is 125 Å². The summed E-state index contributed by atoms with van der Waals surface area (Å²) in [6, 6.07) is 34.5. The molecule has 0 aromatic heterocycles. The third-order valence-corrected chi connectivity index (χ3v) is 14.9. The van der Waals surface area contributed by atoms with Gasteiger partial charge in [-0.15, -0.1) is 0 Å². The second-order valence-corrected chi connectivity index (χ2v) is 18.3. The summed E-state index contributed by atoms with van der Waals surface area (Å²) in [4.78, 5) is 20.1. The van der Waals surface area contributed by atoms with E-state index in [0.29, 0.717) is 36.4 Å². The van der Waals surface area contributed by atoms with E-state index in [2.05, 4.69) is 101 Å². The number of ether oxygens (including phenoxy) is 2. The molecule has 6 nitrogen and oxygen atoms in total. The lowest BCUT2D eigenvalue weighted by atomic mass is 9.50. The number of carbonyl (C=O) groups is 1. The van der Waals surface area contributed by atoms with Gasteiger partial charge in [0.15, 0.2) is 11.5 Å². The molecule has 0 radical (unpaired) electrons. The Labute approximate surface area is 346 Å². The van der Waals surface area contributed by atoms with E-state index in [4.69, 9.17) is 9.47 Å². The zero-order valence-electron chi connectivity index (χ0n) is 34.7. The Bertz CT molecular complexity index is 1940. The summed E-state index contributed by atoms with van der Waals surface area (Å²) in [5, 5.41) is 11.6. The summed E-state index contributed by atoms with van der Waals surface area (Å²) in [5.41, 5.74) is 5.91. The van der Waals surface area contributed by atoms with Crippen LogP contribution in [-0.2, 0) is 23.1 Å². The number of phenolic OH excluding ortho intramolecular Hbond substituents is 1. The summed E-state index contributed by atoms with van der Waals surface area (Å²) in [6.07, 6.45) is 17.6. The Kier molecular flexibility index (Phi) is 11.8. The molecule has 9 rings (SSSR count). The average molecular weight is 781 g/mol. The normalized spacial score (nSPS) is 24.3. The van der Waals surface area contributed by atoms with Gasteiger partial charge in [-0.1, -0.05) is 130 Å². The maximum atomic E-state index is 15.0.